The molecule has 0 saturated carbocycles. The number of aliphatic hydroxyl groups is 2. The summed E-state index contributed by atoms with van der Waals surface area (Å²) in [7, 11) is 0. The summed E-state index contributed by atoms with van der Waals surface area (Å²) < 4.78 is 5.48. The fourth-order valence-corrected chi connectivity index (χ4v) is 5.88. The first kappa shape index (κ1) is 35.3. The van der Waals surface area contributed by atoms with Crippen molar-refractivity contribution in [2.45, 2.75) is 98.3 Å². The van der Waals surface area contributed by atoms with Crippen LogP contribution in [0.3, 0.4) is 0 Å². The number of hydrogen-bond acceptors (Lipinski definition) is 4. The zero-order valence-electron chi connectivity index (χ0n) is 27.6. The van der Waals surface area contributed by atoms with E-state index in [-0.39, 0.29) is 25.8 Å². The number of aryl methyl sites for hydroxylation is 3. The van der Waals surface area contributed by atoms with E-state index in [4.69, 9.17) is 4.74 Å². The van der Waals surface area contributed by atoms with Crippen molar-refractivity contribution in [2.75, 3.05) is 19.8 Å². The van der Waals surface area contributed by atoms with Gasteiger partial charge in [0.1, 0.15) is 0 Å². The molecule has 0 aromatic heterocycles. The second-order valence-electron chi connectivity index (χ2n) is 12.4. The Labute approximate surface area is 266 Å². The zero-order valence-corrected chi connectivity index (χ0v) is 27.6. The maximum Gasteiger partial charge on any atom is 0.333 e. The molecule has 0 aliphatic heterocycles. The average molecular weight is 599 g/mol. The average Bonchev–Trinajstić information content (AvgIpc) is 3.05. The number of hydrogen-bond donors (Lipinski definition) is 2. The van der Waals surface area contributed by atoms with Gasteiger partial charge < -0.3 is 14.9 Å². The summed E-state index contributed by atoms with van der Waals surface area (Å²) in [5.41, 5.74) is 9.71. The van der Waals surface area contributed by atoms with Crippen molar-refractivity contribution in [3.63, 3.8) is 0 Å². The van der Waals surface area contributed by atoms with Crippen molar-refractivity contribution in [3.8, 4) is 22.3 Å². The van der Waals surface area contributed by atoms with Crippen LogP contribution in [0.4, 0.5) is 0 Å². The van der Waals surface area contributed by atoms with Gasteiger partial charge in [-0.05, 0) is 90.0 Å². The number of carbonyl (C=O) groups excluding carboxylic acids is 1. The standard InChI is InChI=1S/C40H54O4/c1-6-9-11-12-31-13-15-33(16-14-31)35-19-20-38(32(8-3)26-35)37-18-17-34(21-24-40(28-41,29-42)23-10-7-2)36(27-37)22-25-44-39(43)30(4)5/h13-20,26-27,41-42H,4,6-12,21-25,28-29H2,1-3,5H3. The Morgan fingerprint density at radius 3 is 2.02 bits per heavy atom. The fraction of sp³-hybridized carbons (Fsp3) is 0.475. The lowest BCUT2D eigenvalue weighted by atomic mass is 9.78. The van der Waals surface area contributed by atoms with Crippen LogP contribution >= 0.6 is 0 Å². The Hall–Kier alpha value is -3.21. The molecular formula is C40H54O4. The molecule has 0 atom stereocenters. The molecule has 0 heterocycles. The van der Waals surface area contributed by atoms with Gasteiger partial charge in [-0.1, -0.05) is 114 Å². The van der Waals surface area contributed by atoms with Crippen LogP contribution in [0.2, 0.25) is 0 Å². The molecular weight excluding hydrogens is 544 g/mol. The second-order valence-corrected chi connectivity index (χ2v) is 12.4. The van der Waals surface area contributed by atoms with Gasteiger partial charge in [0.2, 0.25) is 0 Å². The molecule has 0 radical (unpaired) electrons. The minimum Gasteiger partial charge on any atom is -0.462 e. The molecule has 0 aliphatic carbocycles. The van der Waals surface area contributed by atoms with Crippen molar-refractivity contribution in [3.05, 3.63) is 95.1 Å². The lowest BCUT2D eigenvalue weighted by Crippen LogP contribution is -2.30. The molecule has 0 fully saturated rings. The van der Waals surface area contributed by atoms with Crippen LogP contribution in [-0.2, 0) is 35.2 Å². The minimum absolute atomic E-state index is 0.0269. The van der Waals surface area contributed by atoms with E-state index in [0.717, 1.165) is 55.2 Å². The van der Waals surface area contributed by atoms with E-state index >= 15 is 0 Å². The van der Waals surface area contributed by atoms with Crippen LogP contribution in [0.15, 0.2) is 72.8 Å². The second kappa shape index (κ2) is 17.9. The first-order valence-electron chi connectivity index (χ1n) is 16.7. The van der Waals surface area contributed by atoms with Gasteiger partial charge in [-0.3, -0.25) is 0 Å². The van der Waals surface area contributed by atoms with E-state index in [0.29, 0.717) is 18.4 Å². The molecule has 0 aliphatic rings. The summed E-state index contributed by atoms with van der Waals surface area (Å²) in [6.45, 7) is 12.1. The van der Waals surface area contributed by atoms with Crippen molar-refractivity contribution in [2.24, 2.45) is 5.41 Å². The molecule has 0 spiro atoms. The summed E-state index contributed by atoms with van der Waals surface area (Å²) in [6.07, 6.45) is 10.6. The number of esters is 1. The third kappa shape index (κ3) is 9.90. The Morgan fingerprint density at radius 2 is 1.39 bits per heavy atom. The molecule has 0 amide bonds. The molecule has 238 valence electrons. The molecule has 3 rings (SSSR count). The zero-order chi connectivity index (χ0) is 32.0. The largest absolute Gasteiger partial charge is 0.462 e. The monoisotopic (exact) mass is 598 g/mol. The molecule has 0 saturated heterocycles. The smallest absolute Gasteiger partial charge is 0.333 e. The molecule has 4 heteroatoms. The van der Waals surface area contributed by atoms with Gasteiger partial charge in [0, 0.05) is 17.4 Å². The van der Waals surface area contributed by atoms with E-state index in [9.17, 15) is 15.0 Å². The maximum atomic E-state index is 12.1. The van der Waals surface area contributed by atoms with Gasteiger partial charge in [-0.15, -0.1) is 0 Å². The van der Waals surface area contributed by atoms with E-state index in [1.807, 2.05) is 0 Å². The predicted octanol–water partition coefficient (Wildman–Crippen LogP) is 9.07. The highest BCUT2D eigenvalue weighted by molar-refractivity contribution is 5.86. The van der Waals surface area contributed by atoms with Crippen LogP contribution in [0, 0.1) is 5.41 Å². The summed E-state index contributed by atoms with van der Waals surface area (Å²) in [4.78, 5) is 12.1. The first-order valence-corrected chi connectivity index (χ1v) is 16.7. The molecule has 2 N–H and O–H groups in total. The highest BCUT2D eigenvalue weighted by atomic mass is 16.5. The molecule has 3 aromatic carbocycles. The van der Waals surface area contributed by atoms with Crippen molar-refractivity contribution in [1.29, 1.82) is 0 Å². The number of carbonyl (C=O) groups is 1. The van der Waals surface area contributed by atoms with Gasteiger partial charge in [-0.2, -0.15) is 0 Å². The molecule has 3 aromatic rings. The fourth-order valence-electron chi connectivity index (χ4n) is 5.88. The number of ether oxygens (including phenoxy) is 1. The third-order valence-corrected chi connectivity index (χ3v) is 8.97. The number of aliphatic hydroxyl groups excluding tert-OH is 2. The highest BCUT2D eigenvalue weighted by Gasteiger charge is 2.28. The van der Waals surface area contributed by atoms with Gasteiger partial charge >= 0.3 is 5.97 Å². The van der Waals surface area contributed by atoms with Gasteiger partial charge in [0.05, 0.1) is 19.8 Å². The van der Waals surface area contributed by atoms with Crippen LogP contribution in [0.5, 0.6) is 0 Å². The van der Waals surface area contributed by atoms with Crippen LogP contribution in [-0.4, -0.2) is 36.0 Å². The van der Waals surface area contributed by atoms with Gasteiger partial charge in [0.15, 0.2) is 0 Å². The number of unbranched alkanes of at least 4 members (excludes halogenated alkanes) is 3. The lowest BCUT2D eigenvalue weighted by Gasteiger charge is -2.30. The van der Waals surface area contributed by atoms with E-state index in [1.54, 1.807) is 6.92 Å². The van der Waals surface area contributed by atoms with Crippen molar-refractivity contribution < 1.29 is 19.7 Å². The molecule has 44 heavy (non-hydrogen) atoms. The summed E-state index contributed by atoms with van der Waals surface area (Å²) in [6, 6.07) is 22.4. The summed E-state index contributed by atoms with van der Waals surface area (Å²) in [5, 5.41) is 20.4. The quantitative estimate of drug-likeness (QED) is 0.0821. The highest BCUT2D eigenvalue weighted by Crippen LogP contribution is 2.34. The third-order valence-electron chi connectivity index (χ3n) is 8.97. The Kier molecular flexibility index (Phi) is 14.4. The normalized spacial score (nSPS) is 11.5. The Balaban J connectivity index is 1.89. The predicted molar refractivity (Wildman–Crippen MR) is 184 cm³/mol. The Morgan fingerprint density at radius 1 is 0.727 bits per heavy atom. The van der Waals surface area contributed by atoms with E-state index in [1.165, 1.54) is 47.1 Å². The summed E-state index contributed by atoms with van der Waals surface area (Å²) >= 11 is 0. The van der Waals surface area contributed by atoms with Crippen LogP contribution < -0.4 is 0 Å². The van der Waals surface area contributed by atoms with Crippen LogP contribution in [0.1, 0.15) is 94.9 Å². The van der Waals surface area contributed by atoms with Crippen molar-refractivity contribution >= 4 is 5.97 Å². The lowest BCUT2D eigenvalue weighted by molar-refractivity contribution is -0.138. The van der Waals surface area contributed by atoms with Gasteiger partial charge in [0.25, 0.3) is 0 Å². The van der Waals surface area contributed by atoms with Crippen LogP contribution in [0.25, 0.3) is 22.3 Å². The molecule has 0 bridgehead atoms. The maximum absolute atomic E-state index is 12.1. The number of rotatable bonds is 19. The Bertz CT molecular complexity index is 1330. The molecule has 0 unspecified atom stereocenters. The summed E-state index contributed by atoms with van der Waals surface area (Å²) in [5.74, 6) is -0.375. The topological polar surface area (TPSA) is 66.8 Å². The minimum atomic E-state index is -0.489. The van der Waals surface area contributed by atoms with Gasteiger partial charge in [-0.25, -0.2) is 4.79 Å². The van der Waals surface area contributed by atoms with E-state index < -0.39 is 5.41 Å². The number of benzene rings is 3. The van der Waals surface area contributed by atoms with E-state index in [2.05, 4.69) is 88.0 Å². The molecule has 4 nitrogen and oxygen atoms in total. The van der Waals surface area contributed by atoms with Crippen molar-refractivity contribution in [1.82, 2.24) is 0 Å². The first-order chi connectivity index (χ1) is 21.3. The SMILES string of the molecule is C=C(C)C(=O)OCCc1cc(-c2ccc(-c3ccc(CCCCC)cc3)cc2CC)ccc1CCC(CO)(CO)CCCC.